The second-order valence-corrected chi connectivity index (χ2v) is 7.30. The number of nitrogens with zero attached hydrogens (tertiary/aromatic N) is 3. The van der Waals surface area contributed by atoms with Gasteiger partial charge in [-0.15, -0.1) is 0 Å². The van der Waals surface area contributed by atoms with E-state index in [9.17, 15) is 4.79 Å². The summed E-state index contributed by atoms with van der Waals surface area (Å²) in [6.45, 7) is 0.549. The van der Waals surface area contributed by atoms with Crippen molar-refractivity contribution in [3.63, 3.8) is 0 Å². The maximum Gasteiger partial charge on any atom is 0.413 e. The van der Waals surface area contributed by atoms with E-state index in [2.05, 4.69) is 61.4 Å². The molecule has 6 rings (SSSR count). The van der Waals surface area contributed by atoms with Crippen LogP contribution in [0.3, 0.4) is 0 Å². The topological polar surface area (TPSA) is 94.1 Å². The number of ether oxygens (including phenoxy) is 2. The summed E-state index contributed by atoms with van der Waals surface area (Å²) in [7, 11) is 1.30. The minimum Gasteiger partial charge on any atom is -0.488 e. The lowest BCUT2D eigenvalue weighted by Gasteiger charge is -2.21. The van der Waals surface area contributed by atoms with Gasteiger partial charge in [-0.05, 0) is 34.7 Å². The van der Waals surface area contributed by atoms with Gasteiger partial charge >= 0.3 is 6.09 Å². The lowest BCUT2D eigenvalue weighted by Crippen LogP contribution is -2.12. The molecule has 5 aromatic rings. The molecule has 3 heterocycles. The summed E-state index contributed by atoms with van der Waals surface area (Å²) in [6, 6.07) is 16.6. The van der Waals surface area contributed by atoms with Crippen LogP contribution >= 0.6 is 0 Å². The van der Waals surface area contributed by atoms with Crippen LogP contribution in [-0.4, -0.2) is 32.7 Å². The highest BCUT2D eigenvalue weighted by Gasteiger charge is 2.20. The van der Waals surface area contributed by atoms with Gasteiger partial charge in [0.1, 0.15) is 24.5 Å². The van der Waals surface area contributed by atoms with Gasteiger partial charge in [-0.25, -0.2) is 14.8 Å². The fourth-order valence-electron chi connectivity index (χ4n) is 4.08. The summed E-state index contributed by atoms with van der Waals surface area (Å²) in [5.41, 5.74) is 5.25. The first-order valence-corrected chi connectivity index (χ1v) is 9.76. The molecule has 0 spiro atoms. The molecule has 152 valence electrons. The Hall–Kier alpha value is -4.33. The van der Waals surface area contributed by atoms with Crippen LogP contribution in [0.1, 0.15) is 5.56 Å². The highest BCUT2D eigenvalue weighted by Crippen LogP contribution is 2.41. The van der Waals surface area contributed by atoms with Crippen molar-refractivity contribution in [2.45, 2.75) is 6.61 Å². The number of methoxy groups -OCH3 is 1. The summed E-state index contributed by atoms with van der Waals surface area (Å²) in [5, 5.41) is 4.63. The molecule has 0 bridgehead atoms. The minimum absolute atomic E-state index is 0.293. The lowest BCUT2D eigenvalue weighted by molar-refractivity contribution is 0.186. The van der Waals surface area contributed by atoms with Crippen LogP contribution in [0, 0.1) is 0 Å². The summed E-state index contributed by atoms with van der Waals surface area (Å²) in [5.74, 6) is 1.82. The number of hydrogen-bond donors (Lipinski definition) is 2. The molecule has 2 aromatic heterocycles. The normalized spacial score (nSPS) is 12.3. The molecule has 0 saturated heterocycles. The van der Waals surface area contributed by atoms with Gasteiger partial charge in [-0.3, -0.25) is 9.88 Å². The van der Waals surface area contributed by atoms with E-state index in [1.165, 1.54) is 18.2 Å². The molecule has 0 radical (unpaired) electrons. The number of hydrogen-bond acceptors (Lipinski definition) is 5. The van der Waals surface area contributed by atoms with Gasteiger partial charge in [0.15, 0.2) is 0 Å². The van der Waals surface area contributed by atoms with Crippen molar-refractivity contribution in [2.24, 2.45) is 0 Å². The van der Waals surface area contributed by atoms with Crippen molar-refractivity contribution in [1.82, 2.24) is 19.5 Å². The smallest absolute Gasteiger partial charge is 0.413 e. The van der Waals surface area contributed by atoms with E-state index >= 15 is 0 Å². The molecule has 1 aliphatic heterocycles. The van der Waals surface area contributed by atoms with Crippen LogP contribution in [0.4, 0.5) is 10.7 Å². The number of aromatic amines is 1. The molecular formula is C23H17N5O3. The fraction of sp³-hybridized carbons (Fsp3) is 0.0870. The van der Waals surface area contributed by atoms with Gasteiger partial charge in [0.25, 0.3) is 0 Å². The molecule has 3 aromatic carbocycles. The Balaban J connectivity index is 1.53. The van der Waals surface area contributed by atoms with Gasteiger partial charge in [0.2, 0.25) is 5.95 Å². The van der Waals surface area contributed by atoms with Crippen molar-refractivity contribution in [3.8, 4) is 22.7 Å². The first kappa shape index (κ1) is 17.5. The Kier molecular flexibility index (Phi) is 3.73. The average Bonchev–Trinajstić information content (AvgIpc) is 3.44. The fourth-order valence-corrected chi connectivity index (χ4v) is 4.08. The van der Waals surface area contributed by atoms with E-state index in [1.807, 2.05) is 16.7 Å². The quantitative estimate of drug-likeness (QED) is 0.441. The number of amides is 1. The van der Waals surface area contributed by atoms with Gasteiger partial charge in [0, 0.05) is 10.9 Å². The van der Waals surface area contributed by atoms with Crippen LogP contribution in [0.5, 0.6) is 5.75 Å². The Morgan fingerprint density at radius 3 is 2.97 bits per heavy atom. The van der Waals surface area contributed by atoms with Gasteiger partial charge in [0.05, 0.1) is 24.3 Å². The number of imidazole rings is 2. The van der Waals surface area contributed by atoms with E-state index in [-0.39, 0.29) is 0 Å². The summed E-state index contributed by atoms with van der Waals surface area (Å²) in [6.07, 6.45) is 2.77. The standard InChI is InChI=1S/C23H17N5O3/c1-30-23(29)27-22-24-10-20(26-22)28-12-25-18-7-6-13-8-17-15-5-3-2-4-14(15)11-31-19(17)9-16(13)21(18)28/h2-10,12H,11H2,1H3,(H2,24,26,27,29). The molecule has 0 aliphatic carbocycles. The van der Waals surface area contributed by atoms with Crippen LogP contribution < -0.4 is 10.1 Å². The molecule has 2 N–H and O–H groups in total. The minimum atomic E-state index is -0.592. The molecule has 1 aliphatic rings. The SMILES string of the molecule is COC(=O)Nc1ncc(-n2cnc3ccc4cc5c(cc4c32)OCc2ccccc2-5)[nH]1. The molecule has 0 fully saturated rings. The number of aromatic nitrogens is 4. The zero-order valence-corrected chi connectivity index (χ0v) is 16.5. The van der Waals surface area contributed by atoms with Gasteiger partial charge < -0.3 is 14.5 Å². The maximum atomic E-state index is 11.5. The predicted molar refractivity (Wildman–Crippen MR) is 117 cm³/mol. The molecule has 0 atom stereocenters. The van der Waals surface area contributed by atoms with Crippen LogP contribution in [0.25, 0.3) is 38.8 Å². The zero-order valence-electron chi connectivity index (χ0n) is 16.5. The van der Waals surface area contributed by atoms with Crippen LogP contribution in [0.15, 0.2) is 61.1 Å². The Morgan fingerprint density at radius 2 is 2.06 bits per heavy atom. The van der Waals surface area contributed by atoms with Crippen LogP contribution in [0.2, 0.25) is 0 Å². The second-order valence-electron chi connectivity index (χ2n) is 7.30. The maximum absolute atomic E-state index is 11.5. The number of anilines is 1. The monoisotopic (exact) mass is 411 g/mol. The highest BCUT2D eigenvalue weighted by atomic mass is 16.5. The van der Waals surface area contributed by atoms with Gasteiger partial charge in [-0.2, -0.15) is 0 Å². The average molecular weight is 411 g/mol. The second kappa shape index (κ2) is 6.60. The number of nitrogens with one attached hydrogen (secondary N) is 2. The molecule has 8 nitrogen and oxygen atoms in total. The van der Waals surface area contributed by atoms with Crippen molar-refractivity contribution >= 4 is 33.8 Å². The molecule has 8 heteroatoms. The third-order valence-corrected chi connectivity index (χ3v) is 5.54. The van der Waals surface area contributed by atoms with Crippen molar-refractivity contribution < 1.29 is 14.3 Å². The predicted octanol–water partition coefficient (Wildman–Crippen LogP) is 4.64. The molecular weight excluding hydrogens is 394 g/mol. The number of fused-ring (bicyclic) bond motifs is 6. The number of benzene rings is 3. The highest BCUT2D eigenvalue weighted by molar-refractivity contribution is 6.07. The lowest BCUT2D eigenvalue weighted by atomic mass is 9.94. The summed E-state index contributed by atoms with van der Waals surface area (Å²) < 4.78 is 12.6. The number of H-pyrrole nitrogens is 1. The van der Waals surface area contributed by atoms with E-state index in [4.69, 9.17) is 4.74 Å². The third-order valence-electron chi connectivity index (χ3n) is 5.54. The molecule has 1 amide bonds. The zero-order chi connectivity index (χ0) is 20.9. The van der Waals surface area contributed by atoms with E-state index in [0.29, 0.717) is 18.4 Å². The van der Waals surface area contributed by atoms with Crippen molar-refractivity contribution in [2.75, 3.05) is 12.4 Å². The number of carbonyl (C=O) groups is 1. The van der Waals surface area contributed by atoms with E-state index < -0.39 is 6.09 Å². The molecule has 31 heavy (non-hydrogen) atoms. The van der Waals surface area contributed by atoms with E-state index in [0.717, 1.165) is 33.1 Å². The first-order chi connectivity index (χ1) is 15.2. The van der Waals surface area contributed by atoms with Crippen LogP contribution in [-0.2, 0) is 11.3 Å². The largest absolute Gasteiger partial charge is 0.488 e. The molecule has 0 unspecified atom stereocenters. The number of carbonyl (C=O) groups excluding carboxylic acids is 1. The van der Waals surface area contributed by atoms with Gasteiger partial charge in [-0.1, -0.05) is 30.3 Å². The summed E-state index contributed by atoms with van der Waals surface area (Å²) >= 11 is 0. The van der Waals surface area contributed by atoms with Crippen molar-refractivity contribution in [3.05, 3.63) is 66.6 Å². The Bertz CT molecular complexity index is 1480. The Labute approximate surface area is 176 Å². The van der Waals surface area contributed by atoms with E-state index in [1.54, 1.807) is 12.5 Å². The first-order valence-electron chi connectivity index (χ1n) is 9.76. The summed E-state index contributed by atoms with van der Waals surface area (Å²) in [4.78, 5) is 23.3. The third kappa shape index (κ3) is 2.72. The van der Waals surface area contributed by atoms with Crippen molar-refractivity contribution in [1.29, 1.82) is 0 Å². The Morgan fingerprint density at radius 1 is 1.16 bits per heavy atom. The number of rotatable bonds is 2. The molecule has 0 saturated carbocycles.